The lowest BCUT2D eigenvalue weighted by atomic mass is 10.2. The van der Waals surface area contributed by atoms with Gasteiger partial charge in [0.05, 0.1) is 6.54 Å². The SMILES string of the molecule is C#CCNC(=O)C(C)CN. The van der Waals surface area contributed by atoms with Gasteiger partial charge in [-0.25, -0.2) is 0 Å². The number of rotatable bonds is 3. The molecule has 56 valence electrons. The van der Waals surface area contributed by atoms with E-state index in [0.717, 1.165) is 0 Å². The molecular weight excluding hydrogens is 128 g/mol. The fourth-order valence-corrected chi connectivity index (χ4v) is 0.419. The van der Waals surface area contributed by atoms with Crippen LogP contribution in [0, 0.1) is 18.3 Å². The maximum Gasteiger partial charge on any atom is 0.224 e. The minimum absolute atomic E-state index is 0.0829. The van der Waals surface area contributed by atoms with Gasteiger partial charge in [0.25, 0.3) is 0 Å². The van der Waals surface area contributed by atoms with E-state index in [1.54, 1.807) is 6.92 Å². The molecule has 0 spiro atoms. The molecule has 0 aromatic rings. The molecule has 0 heterocycles. The largest absolute Gasteiger partial charge is 0.345 e. The first kappa shape index (κ1) is 8.99. The molecule has 1 unspecified atom stereocenters. The van der Waals surface area contributed by atoms with Crippen molar-refractivity contribution in [3.63, 3.8) is 0 Å². The maximum atomic E-state index is 10.8. The van der Waals surface area contributed by atoms with Crippen LogP contribution in [0.5, 0.6) is 0 Å². The second kappa shape index (κ2) is 4.83. The summed E-state index contributed by atoms with van der Waals surface area (Å²) < 4.78 is 0. The fraction of sp³-hybridized carbons (Fsp3) is 0.571. The van der Waals surface area contributed by atoms with Crippen molar-refractivity contribution in [3.05, 3.63) is 0 Å². The Morgan fingerprint density at radius 1 is 1.90 bits per heavy atom. The number of nitrogens with two attached hydrogens (primary N) is 1. The van der Waals surface area contributed by atoms with Gasteiger partial charge in [-0.2, -0.15) is 0 Å². The summed E-state index contributed by atoms with van der Waals surface area (Å²) in [6, 6.07) is 0. The summed E-state index contributed by atoms with van der Waals surface area (Å²) in [5, 5.41) is 2.53. The fourth-order valence-electron chi connectivity index (χ4n) is 0.419. The molecule has 0 aliphatic heterocycles. The van der Waals surface area contributed by atoms with Gasteiger partial charge >= 0.3 is 0 Å². The zero-order valence-corrected chi connectivity index (χ0v) is 6.05. The number of carbonyl (C=O) groups is 1. The van der Waals surface area contributed by atoms with Crippen LogP contribution in [0.15, 0.2) is 0 Å². The lowest BCUT2D eigenvalue weighted by molar-refractivity contribution is -0.123. The Bertz CT molecular complexity index is 148. The number of nitrogens with one attached hydrogen (secondary N) is 1. The van der Waals surface area contributed by atoms with Crippen LogP contribution in [0.2, 0.25) is 0 Å². The first-order valence-electron chi connectivity index (χ1n) is 3.13. The highest BCUT2D eigenvalue weighted by molar-refractivity contribution is 5.78. The molecule has 3 nitrogen and oxygen atoms in total. The molecule has 1 atom stereocenters. The molecule has 0 aliphatic carbocycles. The van der Waals surface area contributed by atoms with Gasteiger partial charge in [0.1, 0.15) is 0 Å². The Hall–Kier alpha value is -1.01. The predicted molar refractivity (Wildman–Crippen MR) is 40.1 cm³/mol. The van der Waals surface area contributed by atoms with Crippen molar-refractivity contribution in [1.82, 2.24) is 5.32 Å². The Labute approximate surface area is 61.0 Å². The average Bonchev–Trinajstić information content (AvgIpc) is 1.98. The van der Waals surface area contributed by atoms with Crippen LogP contribution < -0.4 is 11.1 Å². The molecule has 0 fully saturated rings. The number of hydrogen-bond donors (Lipinski definition) is 2. The smallest absolute Gasteiger partial charge is 0.224 e. The zero-order chi connectivity index (χ0) is 7.98. The van der Waals surface area contributed by atoms with Crippen molar-refractivity contribution in [1.29, 1.82) is 0 Å². The summed E-state index contributed by atoms with van der Waals surface area (Å²) in [5.74, 6) is 2.08. The molecule has 0 radical (unpaired) electrons. The summed E-state index contributed by atoms with van der Waals surface area (Å²) in [6.07, 6.45) is 4.92. The molecule has 1 amide bonds. The lowest BCUT2D eigenvalue weighted by Gasteiger charge is -2.06. The second-order valence-electron chi connectivity index (χ2n) is 2.06. The number of amides is 1. The Morgan fingerprint density at radius 2 is 2.50 bits per heavy atom. The van der Waals surface area contributed by atoms with E-state index in [-0.39, 0.29) is 18.4 Å². The van der Waals surface area contributed by atoms with Gasteiger partial charge < -0.3 is 11.1 Å². The summed E-state index contributed by atoms with van der Waals surface area (Å²) >= 11 is 0. The first-order chi connectivity index (χ1) is 4.72. The molecule has 3 N–H and O–H groups in total. The molecule has 10 heavy (non-hydrogen) atoms. The van der Waals surface area contributed by atoms with Gasteiger partial charge in [0.2, 0.25) is 5.91 Å². The van der Waals surface area contributed by atoms with E-state index in [0.29, 0.717) is 6.54 Å². The van der Waals surface area contributed by atoms with Crippen LogP contribution >= 0.6 is 0 Å². The van der Waals surface area contributed by atoms with Gasteiger partial charge in [-0.05, 0) is 0 Å². The van der Waals surface area contributed by atoms with E-state index in [1.807, 2.05) is 0 Å². The Morgan fingerprint density at radius 3 is 2.90 bits per heavy atom. The van der Waals surface area contributed by atoms with Crippen LogP contribution in [0.3, 0.4) is 0 Å². The second-order valence-corrected chi connectivity index (χ2v) is 2.06. The molecule has 3 heteroatoms. The highest BCUT2D eigenvalue weighted by Crippen LogP contribution is 1.88. The topological polar surface area (TPSA) is 55.1 Å². The Balaban J connectivity index is 3.54. The molecule has 0 aromatic carbocycles. The molecule has 0 bridgehead atoms. The van der Waals surface area contributed by atoms with Crippen molar-refractivity contribution >= 4 is 5.91 Å². The van der Waals surface area contributed by atoms with Crippen LogP contribution in [0.25, 0.3) is 0 Å². The summed E-state index contributed by atoms with van der Waals surface area (Å²) in [5.41, 5.74) is 5.23. The monoisotopic (exact) mass is 140 g/mol. The van der Waals surface area contributed by atoms with Gasteiger partial charge in [0.15, 0.2) is 0 Å². The van der Waals surface area contributed by atoms with E-state index in [4.69, 9.17) is 12.2 Å². The van der Waals surface area contributed by atoms with E-state index < -0.39 is 0 Å². The summed E-state index contributed by atoms with van der Waals surface area (Å²) in [6.45, 7) is 2.39. The molecule has 0 rings (SSSR count). The molecular formula is C7H12N2O. The molecule has 0 saturated carbocycles. The van der Waals surface area contributed by atoms with Crippen molar-refractivity contribution < 1.29 is 4.79 Å². The maximum absolute atomic E-state index is 10.8. The summed E-state index contributed by atoms with van der Waals surface area (Å²) in [4.78, 5) is 10.8. The highest BCUT2D eigenvalue weighted by atomic mass is 16.1. The third kappa shape index (κ3) is 3.10. The Kier molecular flexibility index (Phi) is 4.34. The number of terminal acetylenes is 1. The zero-order valence-electron chi connectivity index (χ0n) is 6.05. The molecule has 0 aromatic heterocycles. The van der Waals surface area contributed by atoms with Crippen LogP contribution in [-0.2, 0) is 4.79 Å². The molecule has 0 aliphatic rings. The van der Waals surface area contributed by atoms with Crippen LogP contribution in [0.1, 0.15) is 6.92 Å². The van der Waals surface area contributed by atoms with E-state index in [9.17, 15) is 4.79 Å². The number of hydrogen-bond acceptors (Lipinski definition) is 2. The third-order valence-corrected chi connectivity index (χ3v) is 1.17. The minimum atomic E-state index is -0.145. The normalized spacial score (nSPS) is 11.7. The standard InChI is InChI=1S/C7H12N2O/c1-3-4-9-7(10)6(2)5-8/h1,6H,4-5,8H2,2H3,(H,9,10). The van der Waals surface area contributed by atoms with Crippen LogP contribution in [0.4, 0.5) is 0 Å². The lowest BCUT2D eigenvalue weighted by Crippen LogP contribution is -2.33. The van der Waals surface area contributed by atoms with Gasteiger partial charge in [-0.1, -0.05) is 12.8 Å². The first-order valence-corrected chi connectivity index (χ1v) is 3.13. The minimum Gasteiger partial charge on any atom is -0.345 e. The van der Waals surface area contributed by atoms with Crippen molar-refractivity contribution in [2.75, 3.05) is 13.1 Å². The third-order valence-electron chi connectivity index (χ3n) is 1.17. The molecule has 0 saturated heterocycles. The highest BCUT2D eigenvalue weighted by Gasteiger charge is 2.07. The van der Waals surface area contributed by atoms with Gasteiger partial charge in [0, 0.05) is 12.5 Å². The predicted octanol–water partition coefficient (Wildman–Crippen LogP) is -0.669. The quantitative estimate of drug-likeness (QED) is 0.511. The summed E-state index contributed by atoms with van der Waals surface area (Å²) in [7, 11) is 0. The van der Waals surface area contributed by atoms with Gasteiger partial charge in [-0.3, -0.25) is 4.79 Å². The van der Waals surface area contributed by atoms with E-state index in [2.05, 4.69) is 11.2 Å². The van der Waals surface area contributed by atoms with Gasteiger partial charge in [-0.15, -0.1) is 6.42 Å². The van der Waals surface area contributed by atoms with E-state index in [1.165, 1.54) is 0 Å². The van der Waals surface area contributed by atoms with Crippen molar-refractivity contribution in [2.24, 2.45) is 11.7 Å². The number of carbonyl (C=O) groups excluding carboxylic acids is 1. The van der Waals surface area contributed by atoms with Crippen molar-refractivity contribution in [3.8, 4) is 12.3 Å². The van der Waals surface area contributed by atoms with E-state index >= 15 is 0 Å². The van der Waals surface area contributed by atoms with Crippen molar-refractivity contribution in [2.45, 2.75) is 6.92 Å². The average molecular weight is 140 g/mol. The van der Waals surface area contributed by atoms with Crippen LogP contribution in [-0.4, -0.2) is 19.0 Å².